The topological polar surface area (TPSA) is 58.4 Å². The largest absolute Gasteiger partial charge is 0.399 e. The number of nitrogens with zero attached hydrogens (tertiary/aromatic N) is 1. The summed E-state index contributed by atoms with van der Waals surface area (Å²) in [7, 11) is 0. The van der Waals surface area contributed by atoms with E-state index in [1.807, 2.05) is 24.3 Å². The lowest BCUT2D eigenvalue weighted by atomic mass is 10.0. The normalized spacial score (nSPS) is 16.9. The molecular weight excluding hydrogens is 274 g/mol. The summed E-state index contributed by atoms with van der Waals surface area (Å²) in [4.78, 5) is 14.6. The van der Waals surface area contributed by atoms with E-state index < -0.39 is 0 Å². The molecule has 2 rings (SSSR count). The van der Waals surface area contributed by atoms with Crippen LogP contribution in [0.15, 0.2) is 24.3 Å². The molecule has 22 heavy (non-hydrogen) atoms. The maximum Gasteiger partial charge on any atom is 0.220 e. The molecule has 0 atom stereocenters. The quantitative estimate of drug-likeness (QED) is 0.794. The van der Waals surface area contributed by atoms with Gasteiger partial charge in [-0.3, -0.25) is 4.79 Å². The van der Waals surface area contributed by atoms with Gasteiger partial charge in [-0.05, 0) is 36.8 Å². The van der Waals surface area contributed by atoms with E-state index in [9.17, 15) is 4.79 Å². The molecule has 1 aliphatic rings. The minimum Gasteiger partial charge on any atom is -0.399 e. The summed E-state index contributed by atoms with van der Waals surface area (Å²) in [5.41, 5.74) is 7.74. The van der Waals surface area contributed by atoms with Crippen molar-refractivity contribution in [3.63, 3.8) is 0 Å². The number of aryl methyl sites for hydroxylation is 1. The molecule has 1 fully saturated rings. The number of likely N-dealkylation sites (tertiary alicyclic amines) is 1. The van der Waals surface area contributed by atoms with Crippen LogP contribution in [0.1, 0.15) is 38.7 Å². The minimum absolute atomic E-state index is 0.144. The van der Waals surface area contributed by atoms with E-state index in [1.165, 1.54) is 0 Å². The van der Waals surface area contributed by atoms with Gasteiger partial charge in [-0.15, -0.1) is 0 Å². The van der Waals surface area contributed by atoms with Crippen LogP contribution < -0.4 is 11.1 Å². The van der Waals surface area contributed by atoms with Crippen LogP contribution in [-0.2, 0) is 11.2 Å². The van der Waals surface area contributed by atoms with Crippen LogP contribution in [0.2, 0.25) is 0 Å². The maximum atomic E-state index is 12.1. The number of nitrogen functional groups attached to an aromatic ring is 1. The van der Waals surface area contributed by atoms with E-state index in [0.717, 1.165) is 43.7 Å². The third-order valence-corrected chi connectivity index (χ3v) is 4.25. The van der Waals surface area contributed by atoms with E-state index >= 15 is 0 Å². The third-order valence-electron chi connectivity index (χ3n) is 4.25. The zero-order valence-electron chi connectivity index (χ0n) is 13.8. The smallest absolute Gasteiger partial charge is 0.220 e. The molecule has 1 heterocycles. The minimum atomic E-state index is 0.144. The van der Waals surface area contributed by atoms with Crippen molar-refractivity contribution in [1.29, 1.82) is 0 Å². The maximum absolute atomic E-state index is 12.1. The van der Waals surface area contributed by atoms with Crippen LogP contribution in [0.5, 0.6) is 0 Å². The number of piperidine rings is 1. The summed E-state index contributed by atoms with van der Waals surface area (Å²) < 4.78 is 0. The molecule has 0 saturated carbocycles. The summed E-state index contributed by atoms with van der Waals surface area (Å²) in [6.45, 7) is 7.85. The van der Waals surface area contributed by atoms with Crippen LogP contribution in [0.25, 0.3) is 0 Å². The van der Waals surface area contributed by atoms with E-state index in [-0.39, 0.29) is 5.91 Å². The zero-order valence-corrected chi connectivity index (χ0v) is 13.8. The third kappa shape index (κ3) is 5.34. The van der Waals surface area contributed by atoms with Crippen molar-refractivity contribution in [2.45, 2.75) is 45.6 Å². The SMILES string of the molecule is CC(C)CN1CCC(NC(=O)CCc2ccccc2N)CC1. The number of para-hydroxylation sites is 1. The highest BCUT2D eigenvalue weighted by molar-refractivity contribution is 5.76. The van der Waals surface area contributed by atoms with Crippen molar-refractivity contribution in [3.05, 3.63) is 29.8 Å². The number of anilines is 1. The average Bonchev–Trinajstić information content (AvgIpc) is 2.48. The van der Waals surface area contributed by atoms with Crippen molar-refractivity contribution in [2.24, 2.45) is 5.92 Å². The van der Waals surface area contributed by atoms with Crippen LogP contribution in [0.3, 0.4) is 0 Å². The van der Waals surface area contributed by atoms with Gasteiger partial charge in [0.2, 0.25) is 5.91 Å². The Labute approximate surface area is 134 Å². The Bertz CT molecular complexity index is 479. The lowest BCUT2D eigenvalue weighted by Crippen LogP contribution is -2.45. The van der Waals surface area contributed by atoms with Crippen LogP contribution in [0, 0.1) is 5.92 Å². The fourth-order valence-corrected chi connectivity index (χ4v) is 3.09. The fourth-order valence-electron chi connectivity index (χ4n) is 3.09. The standard InChI is InChI=1S/C18H29N3O/c1-14(2)13-21-11-9-16(10-12-21)20-18(22)8-7-15-5-3-4-6-17(15)19/h3-6,14,16H,7-13,19H2,1-2H3,(H,20,22). The van der Waals surface area contributed by atoms with Gasteiger partial charge < -0.3 is 16.0 Å². The molecule has 1 aliphatic heterocycles. The van der Waals surface area contributed by atoms with E-state index in [4.69, 9.17) is 5.73 Å². The molecule has 1 amide bonds. The van der Waals surface area contributed by atoms with Crippen molar-refractivity contribution in [3.8, 4) is 0 Å². The molecule has 122 valence electrons. The van der Waals surface area contributed by atoms with Crippen LogP contribution in [0.4, 0.5) is 5.69 Å². The Balaban J connectivity index is 1.69. The lowest BCUT2D eigenvalue weighted by Gasteiger charge is -2.33. The van der Waals surface area contributed by atoms with Gasteiger partial charge in [0.25, 0.3) is 0 Å². The molecule has 1 aromatic rings. The monoisotopic (exact) mass is 303 g/mol. The van der Waals surface area contributed by atoms with Crippen molar-refractivity contribution in [1.82, 2.24) is 10.2 Å². The number of nitrogens with two attached hydrogens (primary N) is 1. The van der Waals surface area contributed by atoms with Gasteiger partial charge in [0.1, 0.15) is 0 Å². The molecule has 4 nitrogen and oxygen atoms in total. The van der Waals surface area contributed by atoms with Gasteiger partial charge >= 0.3 is 0 Å². The fraction of sp³-hybridized carbons (Fsp3) is 0.611. The molecule has 0 spiro atoms. The molecule has 1 aromatic carbocycles. The Morgan fingerprint density at radius 2 is 2.00 bits per heavy atom. The van der Waals surface area contributed by atoms with Crippen LogP contribution in [-0.4, -0.2) is 36.5 Å². The Kier molecular flexibility index (Phi) is 6.25. The number of nitrogens with one attached hydrogen (secondary N) is 1. The number of carbonyl (C=O) groups is 1. The van der Waals surface area contributed by atoms with Crippen LogP contribution >= 0.6 is 0 Å². The van der Waals surface area contributed by atoms with Crippen molar-refractivity contribution >= 4 is 11.6 Å². The first-order valence-electron chi connectivity index (χ1n) is 8.39. The molecule has 0 unspecified atom stereocenters. The first-order valence-corrected chi connectivity index (χ1v) is 8.39. The van der Waals surface area contributed by atoms with Gasteiger partial charge in [-0.25, -0.2) is 0 Å². The Hall–Kier alpha value is -1.55. The van der Waals surface area contributed by atoms with Gasteiger partial charge in [-0.1, -0.05) is 32.0 Å². The molecule has 0 radical (unpaired) electrons. The molecule has 0 aromatic heterocycles. The number of benzene rings is 1. The predicted molar refractivity (Wildman–Crippen MR) is 91.6 cm³/mol. The van der Waals surface area contributed by atoms with Crippen molar-refractivity contribution in [2.75, 3.05) is 25.4 Å². The second kappa shape index (κ2) is 8.18. The molecule has 1 saturated heterocycles. The van der Waals surface area contributed by atoms with Gasteiger partial charge in [-0.2, -0.15) is 0 Å². The van der Waals surface area contributed by atoms with Crippen molar-refractivity contribution < 1.29 is 4.79 Å². The first-order chi connectivity index (χ1) is 10.5. The average molecular weight is 303 g/mol. The Morgan fingerprint density at radius 1 is 1.32 bits per heavy atom. The van der Waals surface area contributed by atoms with E-state index in [2.05, 4.69) is 24.1 Å². The lowest BCUT2D eigenvalue weighted by molar-refractivity contribution is -0.122. The summed E-state index contributed by atoms with van der Waals surface area (Å²) in [6.07, 6.45) is 3.35. The number of amides is 1. The number of hydrogen-bond donors (Lipinski definition) is 2. The highest BCUT2D eigenvalue weighted by Gasteiger charge is 2.20. The summed E-state index contributed by atoms with van der Waals surface area (Å²) in [5, 5.41) is 3.18. The summed E-state index contributed by atoms with van der Waals surface area (Å²) >= 11 is 0. The molecule has 0 bridgehead atoms. The number of carbonyl (C=O) groups excluding carboxylic acids is 1. The molecular formula is C18H29N3O. The van der Waals surface area contributed by atoms with Gasteiger partial charge in [0.15, 0.2) is 0 Å². The number of hydrogen-bond acceptors (Lipinski definition) is 3. The highest BCUT2D eigenvalue weighted by Crippen LogP contribution is 2.14. The molecule has 3 N–H and O–H groups in total. The van der Waals surface area contributed by atoms with Gasteiger partial charge in [0.05, 0.1) is 0 Å². The summed E-state index contributed by atoms with van der Waals surface area (Å²) in [6, 6.07) is 8.10. The Morgan fingerprint density at radius 3 is 2.64 bits per heavy atom. The zero-order chi connectivity index (χ0) is 15.9. The second-order valence-electron chi connectivity index (χ2n) is 6.74. The second-order valence-corrected chi connectivity index (χ2v) is 6.74. The number of rotatable bonds is 6. The van der Waals surface area contributed by atoms with Gasteiger partial charge in [0, 0.05) is 37.8 Å². The molecule has 4 heteroatoms. The summed E-state index contributed by atoms with van der Waals surface area (Å²) in [5.74, 6) is 0.855. The first kappa shape index (κ1) is 16.8. The highest BCUT2D eigenvalue weighted by atomic mass is 16.1. The molecule has 0 aliphatic carbocycles. The predicted octanol–water partition coefficient (Wildman–Crippen LogP) is 2.44. The van der Waals surface area contributed by atoms with E-state index in [1.54, 1.807) is 0 Å². The van der Waals surface area contributed by atoms with E-state index in [0.29, 0.717) is 24.8 Å².